The van der Waals surface area contributed by atoms with Gasteiger partial charge in [-0.1, -0.05) is 12.1 Å². The van der Waals surface area contributed by atoms with Gasteiger partial charge in [0.15, 0.2) is 0 Å². The fourth-order valence-electron chi connectivity index (χ4n) is 2.83. The number of carbonyl (C=O) groups is 1. The molecule has 8 heteroatoms. The van der Waals surface area contributed by atoms with Crippen molar-refractivity contribution in [2.75, 3.05) is 32.8 Å². The van der Waals surface area contributed by atoms with Crippen LogP contribution in [0.5, 0.6) is 0 Å². The van der Waals surface area contributed by atoms with E-state index in [1.165, 1.54) is 40.7 Å². The van der Waals surface area contributed by atoms with Gasteiger partial charge in [-0.3, -0.25) is 4.79 Å². The Morgan fingerprint density at radius 1 is 1.11 bits per heavy atom. The molecule has 2 aromatic rings. The minimum absolute atomic E-state index is 0.153. The number of amides is 1. The molecule has 3 rings (SSSR count). The van der Waals surface area contributed by atoms with Crippen LogP contribution in [0.1, 0.15) is 15.9 Å². The molecule has 0 bridgehead atoms. The van der Waals surface area contributed by atoms with E-state index in [0.717, 1.165) is 5.56 Å². The third kappa shape index (κ3) is 4.91. The molecule has 1 N–H and O–H groups in total. The molecule has 1 aliphatic heterocycles. The Bertz CT molecular complexity index is 894. The van der Waals surface area contributed by atoms with Gasteiger partial charge in [-0.05, 0) is 48.4 Å². The van der Waals surface area contributed by atoms with Crippen molar-refractivity contribution in [2.24, 2.45) is 0 Å². The summed E-state index contributed by atoms with van der Waals surface area (Å²) in [6.45, 7) is 1.77. The highest BCUT2D eigenvalue weighted by Gasteiger charge is 2.26. The molecule has 0 saturated carbocycles. The Kier molecular flexibility index (Phi) is 6.20. The van der Waals surface area contributed by atoms with Crippen LogP contribution in [0.15, 0.2) is 53.4 Å². The van der Waals surface area contributed by atoms with E-state index in [0.29, 0.717) is 44.8 Å². The lowest BCUT2D eigenvalue weighted by Crippen LogP contribution is -2.40. The Hall–Kier alpha value is -2.29. The molecule has 144 valence electrons. The first-order chi connectivity index (χ1) is 13.0. The van der Waals surface area contributed by atoms with Crippen molar-refractivity contribution in [3.05, 3.63) is 65.5 Å². The van der Waals surface area contributed by atoms with E-state index < -0.39 is 10.0 Å². The third-order valence-corrected chi connectivity index (χ3v) is 6.23. The average Bonchev–Trinajstić information content (AvgIpc) is 2.69. The second-order valence-electron chi connectivity index (χ2n) is 6.18. The number of hydrogen-bond acceptors (Lipinski definition) is 4. The monoisotopic (exact) mass is 392 g/mol. The predicted octanol–water partition coefficient (Wildman–Crippen LogP) is 1.82. The third-order valence-electron chi connectivity index (χ3n) is 4.31. The molecular weight excluding hydrogens is 371 g/mol. The lowest BCUT2D eigenvalue weighted by molar-refractivity contribution is 0.0730. The summed E-state index contributed by atoms with van der Waals surface area (Å²) in [6, 6.07) is 12.1. The standard InChI is InChI=1S/C19H21FN2O4S/c20-17-3-1-2-15(14-17)8-9-21-19(23)16-4-6-18(7-5-16)27(24,25)22-10-12-26-13-11-22/h1-7,14H,8-13H2,(H,21,23). The van der Waals surface area contributed by atoms with Crippen molar-refractivity contribution in [1.29, 1.82) is 0 Å². The first-order valence-electron chi connectivity index (χ1n) is 8.67. The lowest BCUT2D eigenvalue weighted by atomic mass is 10.1. The number of benzene rings is 2. The van der Waals surface area contributed by atoms with Gasteiger partial charge in [-0.25, -0.2) is 12.8 Å². The summed E-state index contributed by atoms with van der Waals surface area (Å²) in [5.41, 5.74) is 1.16. The summed E-state index contributed by atoms with van der Waals surface area (Å²) >= 11 is 0. The first kappa shape index (κ1) is 19.5. The summed E-state index contributed by atoms with van der Waals surface area (Å²) < 4.78 is 44.8. The van der Waals surface area contributed by atoms with Crippen LogP contribution in [0, 0.1) is 5.82 Å². The van der Waals surface area contributed by atoms with Gasteiger partial charge in [0.05, 0.1) is 18.1 Å². The van der Waals surface area contributed by atoms with Crippen molar-refractivity contribution in [2.45, 2.75) is 11.3 Å². The highest BCUT2D eigenvalue weighted by atomic mass is 32.2. The molecule has 2 aromatic carbocycles. The smallest absolute Gasteiger partial charge is 0.251 e. The maximum absolute atomic E-state index is 13.1. The zero-order chi connectivity index (χ0) is 19.3. The second kappa shape index (κ2) is 8.60. The van der Waals surface area contributed by atoms with Gasteiger partial charge in [0, 0.05) is 25.2 Å². The molecule has 0 atom stereocenters. The van der Waals surface area contributed by atoms with Crippen LogP contribution in [-0.2, 0) is 21.2 Å². The van der Waals surface area contributed by atoms with Crippen LogP contribution < -0.4 is 5.32 Å². The van der Waals surface area contributed by atoms with Crippen LogP contribution >= 0.6 is 0 Å². The highest BCUT2D eigenvalue weighted by molar-refractivity contribution is 7.89. The van der Waals surface area contributed by atoms with Crippen LogP contribution in [0.25, 0.3) is 0 Å². The largest absolute Gasteiger partial charge is 0.379 e. The van der Waals surface area contributed by atoms with Crippen LogP contribution in [0.2, 0.25) is 0 Å². The SMILES string of the molecule is O=C(NCCc1cccc(F)c1)c1ccc(S(=O)(=O)N2CCOCC2)cc1. The number of ether oxygens (including phenoxy) is 1. The average molecular weight is 392 g/mol. The summed E-state index contributed by atoms with van der Waals surface area (Å²) in [4.78, 5) is 12.4. The van der Waals surface area contributed by atoms with E-state index in [2.05, 4.69) is 5.32 Å². The fraction of sp³-hybridized carbons (Fsp3) is 0.316. The molecule has 1 aliphatic rings. The van der Waals surface area contributed by atoms with Gasteiger partial charge >= 0.3 is 0 Å². The van der Waals surface area contributed by atoms with Crippen molar-refractivity contribution in [1.82, 2.24) is 9.62 Å². The van der Waals surface area contributed by atoms with E-state index in [9.17, 15) is 17.6 Å². The topological polar surface area (TPSA) is 75.7 Å². The Morgan fingerprint density at radius 3 is 2.48 bits per heavy atom. The molecule has 1 fully saturated rings. The number of nitrogens with zero attached hydrogens (tertiary/aromatic N) is 1. The van der Waals surface area contributed by atoms with Gasteiger partial charge in [0.1, 0.15) is 5.82 Å². The quantitative estimate of drug-likeness (QED) is 0.814. The molecule has 6 nitrogen and oxygen atoms in total. The molecule has 0 aliphatic carbocycles. The number of sulfonamides is 1. The summed E-state index contributed by atoms with van der Waals surface area (Å²) in [5.74, 6) is -0.613. The van der Waals surface area contributed by atoms with E-state index in [-0.39, 0.29) is 16.6 Å². The normalized spacial score (nSPS) is 15.4. The number of halogens is 1. The molecule has 1 heterocycles. The van der Waals surface area contributed by atoms with Gasteiger partial charge in [0.2, 0.25) is 10.0 Å². The number of hydrogen-bond donors (Lipinski definition) is 1. The Morgan fingerprint density at radius 2 is 1.81 bits per heavy atom. The molecule has 1 saturated heterocycles. The van der Waals surface area contributed by atoms with Gasteiger partial charge in [-0.15, -0.1) is 0 Å². The zero-order valence-electron chi connectivity index (χ0n) is 14.7. The fourth-order valence-corrected chi connectivity index (χ4v) is 4.24. The van der Waals surface area contributed by atoms with E-state index in [1.54, 1.807) is 12.1 Å². The van der Waals surface area contributed by atoms with Crippen LogP contribution in [0.4, 0.5) is 4.39 Å². The Balaban J connectivity index is 1.58. The number of morpholine rings is 1. The lowest BCUT2D eigenvalue weighted by Gasteiger charge is -2.26. The van der Waals surface area contributed by atoms with Crippen molar-refractivity contribution < 1.29 is 22.3 Å². The molecule has 27 heavy (non-hydrogen) atoms. The predicted molar refractivity (Wildman–Crippen MR) is 98.5 cm³/mol. The maximum Gasteiger partial charge on any atom is 0.251 e. The first-order valence-corrected chi connectivity index (χ1v) is 10.1. The number of nitrogens with one attached hydrogen (secondary N) is 1. The van der Waals surface area contributed by atoms with Crippen LogP contribution in [-0.4, -0.2) is 51.5 Å². The van der Waals surface area contributed by atoms with Crippen molar-refractivity contribution in [3.8, 4) is 0 Å². The Labute approximate surface area is 158 Å². The van der Waals surface area contributed by atoms with Gasteiger partial charge < -0.3 is 10.1 Å². The summed E-state index contributed by atoms with van der Waals surface area (Å²) in [5, 5.41) is 2.75. The van der Waals surface area contributed by atoms with E-state index in [4.69, 9.17) is 4.74 Å². The van der Waals surface area contributed by atoms with E-state index >= 15 is 0 Å². The molecule has 0 spiro atoms. The number of carbonyl (C=O) groups excluding carboxylic acids is 1. The molecule has 1 amide bonds. The van der Waals surface area contributed by atoms with E-state index in [1.807, 2.05) is 0 Å². The summed E-state index contributed by atoms with van der Waals surface area (Å²) in [7, 11) is -3.58. The minimum atomic E-state index is -3.58. The maximum atomic E-state index is 13.1. The molecular formula is C19H21FN2O4S. The van der Waals surface area contributed by atoms with Gasteiger partial charge in [0.25, 0.3) is 5.91 Å². The number of rotatable bonds is 6. The molecule has 0 unspecified atom stereocenters. The van der Waals surface area contributed by atoms with Gasteiger partial charge in [-0.2, -0.15) is 4.31 Å². The molecule has 0 aromatic heterocycles. The summed E-state index contributed by atoms with van der Waals surface area (Å²) in [6.07, 6.45) is 0.507. The zero-order valence-corrected chi connectivity index (χ0v) is 15.5. The second-order valence-corrected chi connectivity index (χ2v) is 8.11. The van der Waals surface area contributed by atoms with Crippen LogP contribution in [0.3, 0.4) is 0 Å². The van der Waals surface area contributed by atoms with Crippen molar-refractivity contribution in [3.63, 3.8) is 0 Å². The minimum Gasteiger partial charge on any atom is -0.379 e. The van der Waals surface area contributed by atoms with Crippen molar-refractivity contribution >= 4 is 15.9 Å². The highest BCUT2D eigenvalue weighted by Crippen LogP contribution is 2.17. The molecule has 0 radical (unpaired) electrons.